The third-order valence-corrected chi connectivity index (χ3v) is 6.32. The summed E-state index contributed by atoms with van der Waals surface area (Å²) in [5.41, 5.74) is 0. The van der Waals surface area contributed by atoms with Crippen molar-refractivity contribution in [1.82, 2.24) is 19.0 Å². The minimum atomic E-state index is -3.22. The van der Waals surface area contributed by atoms with Crippen LogP contribution < -0.4 is 0 Å². The summed E-state index contributed by atoms with van der Waals surface area (Å²) in [4.78, 5) is 14.4. The lowest BCUT2D eigenvalue weighted by Crippen LogP contribution is -2.49. The number of amides is 1. The first-order valence-corrected chi connectivity index (χ1v) is 9.42. The van der Waals surface area contributed by atoms with E-state index >= 15 is 0 Å². The highest BCUT2D eigenvalue weighted by Crippen LogP contribution is 2.20. The Morgan fingerprint density at radius 3 is 2.77 bits per heavy atom. The molecular weight excluding hydrogens is 304 g/mol. The molecule has 8 heteroatoms. The smallest absolute Gasteiger partial charge is 0.238 e. The van der Waals surface area contributed by atoms with Crippen LogP contribution in [0.25, 0.3) is 0 Å². The van der Waals surface area contributed by atoms with Gasteiger partial charge in [-0.05, 0) is 31.7 Å². The van der Waals surface area contributed by atoms with Gasteiger partial charge in [-0.25, -0.2) is 8.42 Å². The van der Waals surface area contributed by atoms with Crippen LogP contribution in [0.1, 0.15) is 25.7 Å². The zero-order valence-electron chi connectivity index (χ0n) is 12.6. The number of piperidine rings is 1. The number of rotatable bonds is 4. The van der Waals surface area contributed by atoms with E-state index in [0.717, 1.165) is 19.3 Å². The molecule has 3 rings (SSSR count). The van der Waals surface area contributed by atoms with E-state index in [0.29, 0.717) is 26.1 Å². The molecule has 2 aliphatic rings. The molecule has 0 bridgehead atoms. The molecule has 1 amide bonds. The molecule has 3 heterocycles. The van der Waals surface area contributed by atoms with Gasteiger partial charge in [-0.3, -0.25) is 9.48 Å². The lowest BCUT2D eigenvalue weighted by atomic mass is 10.0. The first kappa shape index (κ1) is 15.5. The zero-order valence-corrected chi connectivity index (χ0v) is 13.4. The number of hydrogen-bond acceptors (Lipinski definition) is 4. The van der Waals surface area contributed by atoms with Crippen molar-refractivity contribution in [3.05, 3.63) is 18.5 Å². The predicted molar refractivity (Wildman–Crippen MR) is 81.6 cm³/mol. The Bertz CT molecular complexity index is 614. The molecule has 7 nitrogen and oxygen atoms in total. The second-order valence-corrected chi connectivity index (χ2v) is 8.06. The van der Waals surface area contributed by atoms with Crippen molar-refractivity contribution < 1.29 is 13.2 Å². The van der Waals surface area contributed by atoms with E-state index in [-0.39, 0.29) is 24.2 Å². The molecule has 2 aliphatic heterocycles. The topological polar surface area (TPSA) is 75.5 Å². The molecule has 0 spiro atoms. The molecule has 1 unspecified atom stereocenters. The monoisotopic (exact) mass is 326 g/mol. The zero-order chi connectivity index (χ0) is 15.6. The summed E-state index contributed by atoms with van der Waals surface area (Å²) in [5.74, 6) is 0.0825. The maximum Gasteiger partial charge on any atom is 0.238 e. The van der Waals surface area contributed by atoms with Gasteiger partial charge in [0.1, 0.15) is 0 Å². The molecular formula is C14H22N4O3S. The third-order valence-electron chi connectivity index (χ3n) is 4.42. The molecule has 0 aliphatic carbocycles. The summed E-state index contributed by atoms with van der Waals surface area (Å²) >= 11 is 0. The van der Waals surface area contributed by atoms with Crippen molar-refractivity contribution in [2.75, 3.05) is 25.4 Å². The quantitative estimate of drug-likeness (QED) is 0.797. The lowest BCUT2D eigenvalue weighted by Gasteiger charge is -2.36. The number of likely N-dealkylation sites (tertiary alicyclic amines) is 1. The van der Waals surface area contributed by atoms with Crippen molar-refractivity contribution >= 4 is 15.9 Å². The van der Waals surface area contributed by atoms with Gasteiger partial charge in [0.2, 0.25) is 15.9 Å². The van der Waals surface area contributed by atoms with Crippen LogP contribution in [-0.4, -0.2) is 64.7 Å². The van der Waals surface area contributed by atoms with Crippen LogP contribution in [0.3, 0.4) is 0 Å². The molecule has 2 saturated heterocycles. The summed E-state index contributed by atoms with van der Waals surface area (Å²) in [6.45, 7) is 1.83. The number of carbonyl (C=O) groups is 1. The Labute approximate surface area is 130 Å². The van der Waals surface area contributed by atoms with E-state index in [1.165, 1.54) is 4.31 Å². The summed E-state index contributed by atoms with van der Waals surface area (Å²) in [7, 11) is -3.22. The van der Waals surface area contributed by atoms with E-state index in [2.05, 4.69) is 5.10 Å². The van der Waals surface area contributed by atoms with E-state index in [4.69, 9.17) is 0 Å². The highest BCUT2D eigenvalue weighted by Gasteiger charge is 2.33. The summed E-state index contributed by atoms with van der Waals surface area (Å²) in [5, 5.41) is 4.20. The maximum atomic E-state index is 12.6. The van der Waals surface area contributed by atoms with E-state index in [1.807, 2.05) is 21.8 Å². The lowest BCUT2D eigenvalue weighted by molar-refractivity contribution is -0.135. The summed E-state index contributed by atoms with van der Waals surface area (Å²) in [6, 6.07) is 1.97. The van der Waals surface area contributed by atoms with Gasteiger partial charge in [0.25, 0.3) is 0 Å². The summed E-state index contributed by atoms with van der Waals surface area (Å²) in [6.07, 6.45) is 7.25. The molecule has 1 aromatic heterocycles. The average Bonchev–Trinajstić information content (AvgIpc) is 3.10. The normalized spacial score (nSPS) is 25.5. The minimum Gasteiger partial charge on any atom is -0.337 e. The second-order valence-electron chi connectivity index (χ2n) is 5.97. The van der Waals surface area contributed by atoms with Gasteiger partial charge in [0, 0.05) is 25.5 Å². The van der Waals surface area contributed by atoms with Gasteiger partial charge in [-0.2, -0.15) is 9.40 Å². The largest absolute Gasteiger partial charge is 0.337 e. The standard InChI is InChI=1S/C14H22N4O3S/c19-14(12-17-8-4-10-22(17,20)21)18-9-2-1-5-13(18)11-16-7-3-6-15-16/h3,6-7,13H,1-2,4-5,8-12H2. The van der Waals surface area contributed by atoms with Gasteiger partial charge in [0.05, 0.1) is 24.9 Å². The van der Waals surface area contributed by atoms with Crippen LogP contribution in [0.15, 0.2) is 18.5 Å². The van der Waals surface area contributed by atoms with Gasteiger partial charge in [0.15, 0.2) is 0 Å². The summed E-state index contributed by atoms with van der Waals surface area (Å²) < 4.78 is 26.9. The van der Waals surface area contributed by atoms with Crippen molar-refractivity contribution in [2.45, 2.75) is 38.3 Å². The molecule has 2 fully saturated rings. The second kappa shape index (κ2) is 6.37. The van der Waals surface area contributed by atoms with Crippen molar-refractivity contribution in [3.63, 3.8) is 0 Å². The maximum absolute atomic E-state index is 12.6. The van der Waals surface area contributed by atoms with Gasteiger partial charge >= 0.3 is 0 Å². The van der Waals surface area contributed by atoms with Crippen molar-refractivity contribution in [1.29, 1.82) is 0 Å². The molecule has 0 saturated carbocycles. The fourth-order valence-corrected chi connectivity index (χ4v) is 4.72. The van der Waals surface area contributed by atoms with Crippen LogP contribution in [-0.2, 0) is 21.4 Å². The van der Waals surface area contributed by atoms with E-state index in [9.17, 15) is 13.2 Å². The highest BCUT2D eigenvalue weighted by molar-refractivity contribution is 7.89. The van der Waals surface area contributed by atoms with Crippen LogP contribution >= 0.6 is 0 Å². The first-order valence-electron chi connectivity index (χ1n) is 7.81. The molecule has 122 valence electrons. The molecule has 1 aromatic rings. The SMILES string of the molecule is O=C(CN1CCCS1(=O)=O)N1CCCCC1Cn1cccn1. The number of carbonyl (C=O) groups excluding carboxylic acids is 1. The fraction of sp³-hybridized carbons (Fsp3) is 0.714. The Morgan fingerprint density at radius 2 is 2.09 bits per heavy atom. The predicted octanol–water partition coefficient (Wildman–Crippen LogP) is 0.300. The Morgan fingerprint density at radius 1 is 1.23 bits per heavy atom. The first-order chi connectivity index (χ1) is 10.6. The number of aromatic nitrogens is 2. The van der Waals surface area contributed by atoms with Gasteiger partial charge in [-0.15, -0.1) is 0 Å². The van der Waals surface area contributed by atoms with Crippen LogP contribution in [0.2, 0.25) is 0 Å². The molecule has 22 heavy (non-hydrogen) atoms. The molecule has 0 N–H and O–H groups in total. The molecule has 0 aromatic carbocycles. The molecule has 1 atom stereocenters. The van der Waals surface area contributed by atoms with Crippen molar-refractivity contribution in [2.24, 2.45) is 0 Å². The van der Waals surface area contributed by atoms with Crippen LogP contribution in [0, 0.1) is 0 Å². The molecule has 0 radical (unpaired) electrons. The van der Waals surface area contributed by atoms with E-state index < -0.39 is 10.0 Å². The average molecular weight is 326 g/mol. The third kappa shape index (κ3) is 3.33. The highest BCUT2D eigenvalue weighted by atomic mass is 32.2. The Kier molecular flexibility index (Phi) is 4.49. The Hall–Kier alpha value is -1.41. The number of nitrogens with zero attached hydrogens (tertiary/aromatic N) is 4. The fourth-order valence-electron chi connectivity index (χ4n) is 3.25. The Balaban J connectivity index is 1.66. The number of sulfonamides is 1. The van der Waals surface area contributed by atoms with Gasteiger partial charge < -0.3 is 4.90 Å². The van der Waals surface area contributed by atoms with Crippen LogP contribution in [0.5, 0.6) is 0 Å². The number of hydrogen-bond donors (Lipinski definition) is 0. The van der Waals surface area contributed by atoms with Crippen molar-refractivity contribution in [3.8, 4) is 0 Å². The minimum absolute atomic E-state index is 0.0159. The van der Waals surface area contributed by atoms with Crippen LogP contribution in [0.4, 0.5) is 0 Å². The van der Waals surface area contributed by atoms with E-state index in [1.54, 1.807) is 6.20 Å². The van der Waals surface area contributed by atoms with Gasteiger partial charge in [-0.1, -0.05) is 0 Å².